The monoisotopic (exact) mass is 282 g/mol. The molecule has 1 N–H and O–H groups in total. The molecule has 0 radical (unpaired) electrons. The Morgan fingerprint density at radius 1 is 1.16 bits per heavy atom. The molecule has 0 aliphatic carbocycles. The number of benzene rings is 1. The Kier molecular flexibility index (Phi) is 4.28. The molecule has 2 unspecified atom stereocenters. The molecule has 0 spiro atoms. The summed E-state index contributed by atoms with van der Waals surface area (Å²) in [4.78, 5) is 2.79. The van der Waals surface area contributed by atoms with E-state index in [1.165, 1.54) is 6.26 Å². The Bertz CT molecular complexity index is 515. The highest BCUT2D eigenvalue weighted by Crippen LogP contribution is 2.14. The van der Waals surface area contributed by atoms with Crippen molar-refractivity contribution in [3.8, 4) is 0 Å². The molecule has 1 aliphatic rings. The Labute approximate surface area is 115 Å². The van der Waals surface area contributed by atoms with Crippen LogP contribution in [0.4, 0.5) is 0 Å². The van der Waals surface area contributed by atoms with E-state index in [-0.39, 0.29) is 0 Å². The van der Waals surface area contributed by atoms with E-state index < -0.39 is 9.84 Å². The van der Waals surface area contributed by atoms with Crippen LogP contribution in [-0.2, 0) is 16.4 Å². The lowest BCUT2D eigenvalue weighted by Gasteiger charge is -2.36. The van der Waals surface area contributed by atoms with Gasteiger partial charge in [0, 0.05) is 38.0 Å². The smallest absolute Gasteiger partial charge is 0.175 e. The van der Waals surface area contributed by atoms with Crippen LogP contribution in [-0.4, -0.2) is 44.7 Å². The van der Waals surface area contributed by atoms with Gasteiger partial charge >= 0.3 is 0 Å². The molecule has 0 saturated carbocycles. The van der Waals surface area contributed by atoms with Crippen LogP contribution in [0.15, 0.2) is 29.2 Å². The zero-order valence-electron chi connectivity index (χ0n) is 11.8. The van der Waals surface area contributed by atoms with E-state index >= 15 is 0 Å². The zero-order chi connectivity index (χ0) is 14.0. The molecule has 1 aromatic carbocycles. The molecule has 1 aromatic rings. The lowest BCUT2D eigenvalue weighted by molar-refractivity contribution is 0.166. The number of nitrogens with one attached hydrogen (secondary N) is 1. The van der Waals surface area contributed by atoms with E-state index in [9.17, 15) is 8.42 Å². The first-order chi connectivity index (χ1) is 8.84. The summed E-state index contributed by atoms with van der Waals surface area (Å²) in [5, 5.41) is 3.50. The third-order valence-corrected chi connectivity index (χ3v) is 4.52. The number of nitrogens with zero attached hydrogens (tertiary/aromatic N) is 1. The minimum Gasteiger partial charge on any atom is -0.309 e. The molecular formula is C14H22N2O2S. The normalized spacial score (nSPS) is 25.4. The van der Waals surface area contributed by atoms with Gasteiger partial charge in [0.25, 0.3) is 0 Å². The Balaban J connectivity index is 2.03. The summed E-state index contributed by atoms with van der Waals surface area (Å²) in [6.07, 6.45) is 1.24. The molecule has 2 atom stereocenters. The van der Waals surface area contributed by atoms with E-state index in [2.05, 4.69) is 24.1 Å². The highest BCUT2D eigenvalue weighted by Gasteiger charge is 2.20. The molecule has 1 heterocycles. The predicted octanol–water partition coefficient (Wildman–Crippen LogP) is 1.27. The van der Waals surface area contributed by atoms with Crippen molar-refractivity contribution in [2.45, 2.75) is 37.4 Å². The van der Waals surface area contributed by atoms with Gasteiger partial charge in [-0.3, -0.25) is 4.90 Å². The maximum absolute atomic E-state index is 11.4. The van der Waals surface area contributed by atoms with Crippen LogP contribution in [0, 0.1) is 0 Å². The van der Waals surface area contributed by atoms with Gasteiger partial charge in [-0.25, -0.2) is 8.42 Å². The van der Waals surface area contributed by atoms with Crippen molar-refractivity contribution in [3.63, 3.8) is 0 Å². The average Bonchev–Trinajstić information content (AvgIpc) is 2.26. The quantitative estimate of drug-likeness (QED) is 0.907. The number of piperazine rings is 1. The van der Waals surface area contributed by atoms with Gasteiger partial charge in [-0.2, -0.15) is 0 Å². The Morgan fingerprint density at radius 2 is 1.68 bits per heavy atom. The number of hydrogen-bond acceptors (Lipinski definition) is 4. The van der Waals surface area contributed by atoms with Crippen LogP contribution in [0.25, 0.3) is 0 Å². The van der Waals surface area contributed by atoms with Gasteiger partial charge in [0.1, 0.15) is 0 Å². The molecule has 0 bridgehead atoms. The third-order valence-electron chi connectivity index (χ3n) is 3.39. The van der Waals surface area contributed by atoms with Gasteiger partial charge in [-0.05, 0) is 31.5 Å². The number of rotatable bonds is 3. The molecule has 106 valence electrons. The van der Waals surface area contributed by atoms with Crippen molar-refractivity contribution < 1.29 is 8.42 Å². The molecule has 2 rings (SSSR count). The first kappa shape index (κ1) is 14.5. The number of hydrogen-bond donors (Lipinski definition) is 1. The van der Waals surface area contributed by atoms with Crippen molar-refractivity contribution in [1.29, 1.82) is 0 Å². The lowest BCUT2D eigenvalue weighted by Crippen LogP contribution is -2.53. The van der Waals surface area contributed by atoms with Crippen LogP contribution < -0.4 is 5.32 Å². The number of sulfone groups is 1. The summed E-state index contributed by atoms with van der Waals surface area (Å²) in [7, 11) is -3.09. The van der Waals surface area contributed by atoms with Gasteiger partial charge in [-0.15, -0.1) is 0 Å². The van der Waals surface area contributed by atoms with E-state index in [0.29, 0.717) is 17.0 Å². The summed E-state index contributed by atoms with van der Waals surface area (Å²) in [6, 6.07) is 8.21. The topological polar surface area (TPSA) is 49.4 Å². The standard InChI is InChI=1S/C14H22N2O2S/c1-11-8-16(9-12(2)15-11)10-13-4-6-14(7-5-13)19(3,17)18/h4-7,11-12,15H,8-10H2,1-3H3. The maximum Gasteiger partial charge on any atom is 0.175 e. The van der Waals surface area contributed by atoms with Gasteiger partial charge in [-0.1, -0.05) is 12.1 Å². The van der Waals surface area contributed by atoms with Crippen molar-refractivity contribution >= 4 is 9.84 Å². The maximum atomic E-state index is 11.4. The molecule has 1 saturated heterocycles. The largest absolute Gasteiger partial charge is 0.309 e. The van der Waals surface area contributed by atoms with Crippen LogP contribution in [0.3, 0.4) is 0 Å². The summed E-state index contributed by atoms with van der Waals surface area (Å²) < 4.78 is 22.8. The highest BCUT2D eigenvalue weighted by atomic mass is 32.2. The predicted molar refractivity (Wildman–Crippen MR) is 76.9 cm³/mol. The minimum atomic E-state index is -3.09. The van der Waals surface area contributed by atoms with E-state index in [1.807, 2.05) is 12.1 Å². The molecule has 1 fully saturated rings. The summed E-state index contributed by atoms with van der Waals surface area (Å²) in [5.41, 5.74) is 1.16. The molecule has 19 heavy (non-hydrogen) atoms. The Hall–Kier alpha value is -0.910. The molecule has 1 aliphatic heterocycles. The fraction of sp³-hybridized carbons (Fsp3) is 0.571. The first-order valence-corrected chi connectivity index (χ1v) is 8.51. The fourth-order valence-electron chi connectivity index (χ4n) is 2.67. The van der Waals surface area contributed by atoms with Gasteiger partial charge < -0.3 is 5.32 Å². The van der Waals surface area contributed by atoms with Gasteiger partial charge in [0.15, 0.2) is 9.84 Å². The molecule has 0 aromatic heterocycles. The van der Waals surface area contributed by atoms with Crippen LogP contribution in [0.2, 0.25) is 0 Å². The van der Waals surface area contributed by atoms with Gasteiger partial charge in [0.05, 0.1) is 4.90 Å². The Morgan fingerprint density at radius 3 is 2.16 bits per heavy atom. The zero-order valence-corrected chi connectivity index (χ0v) is 12.6. The highest BCUT2D eigenvalue weighted by molar-refractivity contribution is 7.90. The van der Waals surface area contributed by atoms with Crippen LogP contribution >= 0.6 is 0 Å². The second kappa shape index (κ2) is 5.61. The van der Waals surface area contributed by atoms with Crippen LogP contribution in [0.5, 0.6) is 0 Å². The van der Waals surface area contributed by atoms with Crippen molar-refractivity contribution in [2.75, 3.05) is 19.3 Å². The minimum absolute atomic E-state index is 0.387. The van der Waals surface area contributed by atoms with E-state index in [4.69, 9.17) is 0 Å². The first-order valence-electron chi connectivity index (χ1n) is 6.62. The van der Waals surface area contributed by atoms with Crippen molar-refractivity contribution in [1.82, 2.24) is 10.2 Å². The van der Waals surface area contributed by atoms with Gasteiger partial charge in [0.2, 0.25) is 0 Å². The molecular weight excluding hydrogens is 260 g/mol. The summed E-state index contributed by atoms with van der Waals surface area (Å²) in [5.74, 6) is 0. The summed E-state index contributed by atoms with van der Waals surface area (Å²) >= 11 is 0. The van der Waals surface area contributed by atoms with E-state index in [1.54, 1.807) is 12.1 Å². The molecule has 0 amide bonds. The second-order valence-electron chi connectivity index (χ2n) is 5.58. The van der Waals surface area contributed by atoms with Crippen molar-refractivity contribution in [2.24, 2.45) is 0 Å². The van der Waals surface area contributed by atoms with Crippen LogP contribution in [0.1, 0.15) is 19.4 Å². The van der Waals surface area contributed by atoms with E-state index in [0.717, 1.165) is 25.2 Å². The molecule has 5 heteroatoms. The fourth-order valence-corrected chi connectivity index (χ4v) is 3.30. The lowest BCUT2D eigenvalue weighted by atomic mass is 10.1. The summed E-state index contributed by atoms with van der Waals surface area (Å²) in [6.45, 7) is 7.31. The average molecular weight is 282 g/mol. The third kappa shape index (κ3) is 4.03. The molecule has 4 nitrogen and oxygen atoms in total. The SMILES string of the molecule is CC1CN(Cc2ccc(S(C)(=O)=O)cc2)CC(C)N1. The second-order valence-corrected chi connectivity index (χ2v) is 7.59. The van der Waals surface area contributed by atoms with Crippen molar-refractivity contribution in [3.05, 3.63) is 29.8 Å².